The van der Waals surface area contributed by atoms with Gasteiger partial charge >= 0.3 is 5.97 Å². The average molecular weight is 254 g/mol. The molecule has 1 heterocycles. The van der Waals surface area contributed by atoms with Crippen molar-refractivity contribution in [2.24, 2.45) is 11.8 Å². The zero-order valence-electron chi connectivity index (χ0n) is 10.2. The zero-order chi connectivity index (χ0) is 13.1. The van der Waals surface area contributed by atoms with Crippen molar-refractivity contribution >= 4 is 17.8 Å². The normalized spacial score (nSPS) is 28.7. The SMILES string of the molecule is O=C1CN(C(=O)C2CCC(C(=O)O)C2)CCCN1. The summed E-state index contributed by atoms with van der Waals surface area (Å²) < 4.78 is 0. The highest BCUT2D eigenvalue weighted by Gasteiger charge is 2.36. The Labute approximate surface area is 105 Å². The minimum Gasteiger partial charge on any atom is -0.481 e. The maximum absolute atomic E-state index is 12.2. The lowest BCUT2D eigenvalue weighted by molar-refractivity contribution is -0.142. The Morgan fingerprint density at radius 2 is 2.00 bits per heavy atom. The maximum Gasteiger partial charge on any atom is 0.306 e. The Bertz CT molecular complexity index is 369. The summed E-state index contributed by atoms with van der Waals surface area (Å²) in [6.07, 6.45) is 2.35. The number of carboxylic acid groups (broad SMARTS) is 1. The first-order valence-electron chi connectivity index (χ1n) is 6.36. The number of aliphatic carboxylic acids is 1. The Morgan fingerprint density at radius 3 is 2.67 bits per heavy atom. The van der Waals surface area contributed by atoms with E-state index in [2.05, 4.69) is 5.32 Å². The second-order valence-electron chi connectivity index (χ2n) is 5.01. The van der Waals surface area contributed by atoms with Gasteiger partial charge in [-0.05, 0) is 25.7 Å². The van der Waals surface area contributed by atoms with Crippen LogP contribution in [-0.4, -0.2) is 47.4 Å². The Balaban J connectivity index is 1.94. The number of carbonyl (C=O) groups excluding carboxylic acids is 2. The van der Waals surface area contributed by atoms with Gasteiger partial charge in [0.15, 0.2) is 0 Å². The lowest BCUT2D eigenvalue weighted by atomic mass is 10.0. The van der Waals surface area contributed by atoms with Crippen molar-refractivity contribution < 1.29 is 19.5 Å². The molecule has 6 nitrogen and oxygen atoms in total. The van der Waals surface area contributed by atoms with Crippen molar-refractivity contribution in [1.82, 2.24) is 10.2 Å². The van der Waals surface area contributed by atoms with Crippen LogP contribution in [0.3, 0.4) is 0 Å². The molecule has 0 bridgehead atoms. The predicted molar refractivity (Wildman–Crippen MR) is 62.7 cm³/mol. The van der Waals surface area contributed by atoms with E-state index in [4.69, 9.17) is 5.11 Å². The monoisotopic (exact) mass is 254 g/mol. The van der Waals surface area contributed by atoms with Crippen LogP contribution < -0.4 is 5.32 Å². The molecular weight excluding hydrogens is 236 g/mol. The third kappa shape index (κ3) is 2.80. The Kier molecular flexibility index (Phi) is 3.84. The lowest BCUT2D eigenvalue weighted by Crippen LogP contribution is -2.40. The van der Waals surface area contributed by atoms with Gasteiger partial charge in [0.25, 0.3) is 0 Å². The van der Waals surface area contributed by atoms with E-state index < -0.39 is 11.9 Å². The van der Waals surface area contributed by atoms with Crippen LogP contribution in [0.1, 0.15) is 25.7 Å². The van der Waals surface area contributed by atoms with Gasteiger partial charge in [-0.15, -0.1) is 0 Å². The van der Waals surface area contributed by atoms with Crippen LogP contribution in [0.2, 0.25) is 0 Å². The summed E-state index contributed by atoms with van der Waals surface area (Å²) >= 11 is 0. The second kappa shape index (κ2) is 5.37. The third-order valence-electron chi connectivity index (χ3n) is 3.70. The number of nitrogens with one attached hydrogen (secondary N) is 1. The van der Waals surface area contributed by atoms with Gasteiger partial charge in [-0.3, -0.25) is 14.4 Å². The first-order valence-corrected chi connectivity index (χ1v) is 6.36. The first-order chi connectivity index (χ1) is 8.58. The van der Waals surface area contributed by atoms with E-state index in [1.807, 2.05) is 0 Å². The molecule has 2 aliphatic rings. The second-order valence-corrected chi connectivity index (χ2v) is 5.01. The number of carbonyl (C=O) groups is 3. The predicted octanol–water partition coefficient (Wildman–Crippen LogP) is -0.164. The van der Waals surface area contributed by atoms with Crippen molar-refractivity contribution in [2.75, 3.05) is 19.6 Å². The lowest BCUT2D eigenvalue weighted by Gasteiger charge is -2.22. The smallest absolute Gasteiger partial charge is 0.306 e. The third-order valence-corrected chi connectivity index (χ3v) is 3.70. The summed E-state index contributed by atoms with van der Waals surface area (Å²) in [5.41, 5.74) is 0. The van der Waals surface area contributed by atoms with Crippen molar-refractivity contribution in [3.05, 3.63) is 0 Å². The molecule has 2 fully saturated rings. The molecule has 0 aromatic heterocycles. The molecule has 1 aliphatic carbocycles. The van der Waals surface area contributed by atoms with Gasteiger partial charge in [-0.25, -0.2) is 0 Å². The fraction of sp³-hybridized carbons (Fsp3) is 0.750. The molecular formula is C12H18N2O4. The molecule has 1 saturated heterocycles. The minimum atomic E-state index is -0.820. The van der Waals surface area contributed by atoms with Crippen molar-refractivity contribution in [3.63, 3.8) is 0 Å². The number of rotatable bonds is 2. The van der Waals surface area contributed by atoms with Crippen LogP contribution in [0.15, 0.2) is 0 Å². The van der Waals surface area contributed by atoms with Gasteiger partial charge in [0.05, 0.1) is 12.5 Å². The Morgan fingerprint density at radius 1 is 1.28 bits per heavy atom. The van der Waals surface area contributed by atoms with Crippen molar-refractivity contribution in [1.29, 1.82) is 0 Å². The number of hydrogen-bond acceptors (Lipinski definition) is 3. The number of amides is 2. The van der Waals surface area contributed by atoms with E-state index in [0.717, 1.165) is 6.42 Å². The van der Waals surface area contributed by atoms with Crippen LogP contribution in [0.4, 0.5) is 0 Å². The summed E-state index contributed by atoms with van der Waals surface area (Å²) in [7, 11) is 0. The van der Waals surface area contributed by atoms with Crippen molar-refractivity contribution in [2.45, 2.75) is 25.7 Å². The van der Waals surface area contributed by atoms with Gasteiger partial charge < -0.3 is 15.3 Å². The molecule has 2 amide bonds. The van der Waals surface area contributed by atoms with Crippen LogP contribution >= 0.6 is 0 Å². The minimum absolute atomic E-state index is 0.0594. The van der Waals surface area contributed by atoms with Crippen LogP contribution in [0.25, 0.3) is 0 Å². The van der Waals surface area contributed by atoms with Crippen LogP contribution in [0, 0.1) is 11.8 Å². The largest absolute Gasteiger partial charge is 0.481 e. The number of carboxylic acids is 1. The summed E-state index contributed by atoms with van der Waals surface area (Å²) in [4.78, 5) is 36.0. The molecule has 0 spiro atoms. The zero-order valence-corrected chi connectivity index (χ0v) is 10.2. The fourth-order valence-electron chi connectivity index (χ4n) is 2.68. The molecule has 18 heavy (non-hydrogen) atoms. The van der Waals surface area contributed by atoms with Crippen LogP contribution in [-0.2, 0) is 14.4 Å². The summed E-state index contributed by atoms with van der Waals surface area (Å²) in [6.45, 7) is 1.28. The first kappa shape index (κ1) is 12.9. The summed E-state index contributed by atoms with van der Waals surface area (Å²) in [5.74, 6) is -1.64. The van der Waals surface area contributed by atoms with E-state index in [-0.39, 0.29) is 24.3 Å². The Hall–Kier alpha value is -1.59. The van der Waals surface area contributed by atoms with E-state index in [9.17, 15) is 14.4 Å². The van der Waals surface area contributed by atoms with Crippen LogP contribution in [0.5, 0.6) is 0 Å². The quantitative estimate of drug-likeness (QED) is 0.716. The highest BCUT2D eigenvalue weighted by Crippen LogP contribution is 2.32. The van der Waals surface area contributed by atoms with E-state index in [1.54, 1.807) is 4.90 Å². The molecule has 6 heteroatoms. The highest BCUT2D eigenvalue weighted by atomic mass is 16.4. The van der Waals surface area contributed by atoms with Gasteiger partial charge in [0.2, 0.25) is 11.8 Å². The van der Waals surface area contributed by atoms with E-state index in [0.29, 0.717) is 32.4 Å². The van der Waals surface area contributed by atoms with E-state index in [1.165, 1.54) is 0 Å². The van der Waals surface area contributed by atoms with Gasteiger partial charge in [-0.1, -0.05) is 0 Å². The number of hydrogen-bond donors (Lipinski definition) is 2. The maximum atomic E-state index is 12.2. The van der Waals surface area contributed by atoms with Gasteiger partial charge in [0, 0.05) is 19.0 Å². The molecule has 0 aromatic rings. The summed E-state index contributed by atoms with van der Waals surface area (Å²) in [6, 6.07) is 0. The molecule has 2 N–H and O–H groups in total. The van der Waals surface area contributed by atoms with Crippen molar-refractivity contribution in [3.8, 4) is 0 Å². The molecule has 1 saturated carbocycles. The molecule has 2 atom stereocenters. The molecule has 2 rings (SSSR count). The average Bonchev–Trinajstić information content (AvgIpc) is 2.72. The molecule has 1 aliphatic heterocycles. The highest BCUT2D eigenvalue weighted by molar-refractivity contribution is 5.87. The fourth-order valence-corrected chi connectivity index (χ4v) is 2.68. The molecule has 0 aromatic carbocycles. The standard InChI is InChI=1S/C12H18N2O4/c15-10-7-14(5-1-4-13-10)11(16)8-2-3-9(6-8)12(17)18/h8-9H,1-7H2,(H,13,15)(H,17,18). The molecule has 100 valence electrons. The number of nitrogens with zero attached hydrogens (tertiary/aromatic N) is 1. The van der Waals surface area contributed by atoms with E-state index >= 15 is 0 Å². The topological polar surface area (TPSA) is 86.7 Å². The molecule has 2 unspecified atom stereocenters. The summed E-state index contributed by atoms with van der Waals surface area (Å²) in [5, 5.41) is 11.6. The molecule has 0 radical (unpaired) electrons. The van der Waals surface area contributed by atoms with Gasteiger partial charge in [-0.2, -0.15) is 0 Å². The van der Waals surface area contributed by atoms with Gasteiger partial charge in [0.1, 0.15) is 0 Å².